The molecule has 0 bridgehead atoms. The van der Waals surface area contributed by atoms with E-state index in [0.29, 0.717) is 12.3 Å². The van der Waals surface area contributed by atoms with Gasteiger partial charge in [-0.1, -0.05) is 20.8 Å². The molecule has 1 N–H and O–H groups in total. The second kappa shape index (κ2) is 5.17. The molecule has 1 amide bonds. The van der Waals surface area contributed by atoms with Crippen molar-refractivity contribution in [2.45, 2.75) is 46.5 Å². The van der Waals surface area contributed by atoms with Crippen LogP contribution in [-0.4, -0.2) is 10.9 Å². The number of thiazole rings is 1. The van der Waals surface area contributed by atoms with Crippen molar-refractivity contribution in [3.05, 3.63) is 10.6 Å². The first kappa shape index (κ1) is 12.6. The Balaban J connectivity index is 2.01. The molecule has 1 heterocycles. The zero-order chi connectivity index (χ0) is 12.4. The SMILES string of the molecule is CC(C)CC(=O)Nc1nc2c(s1)CC(C)CC2. The molecule has 0 saturated heterocycles. The molecule has 1 unspecified atom stereocenters. The van der Waals surface area contributed by atoms with Gasteiger partial charge in [0.15, 0.2) is 5.13 Å². The molecule has 0 saturated carbocycles. The van der Waals surface area contributed by atoms with Crippen LogP contribution in [0.15, 0.2) is 0 Å². The lowest BCUT2D eigenvalue weighted by Gasteiger charge is -2.15. The summed E-state index contributed by atoms with van der Waals surface area (Å²) in [6.45, 7) is 6.38. The topological polar surface area (TPSA) is 42.0 Å². The fourth-order valence-corrected chi connectivity index (χ4v) is 3.32. The molecule has 0 fully saturated rings. The van der Waals surface area contributed by atoms with Crippen LogP contribution in [0.1, 0.15) is 44.2 Å². The number of aryl methyl sites for hydroxylation is 1. The van der Waals surface area contributed by atoms with E-state index >= 15 is 0 Å². The third kappa shape index (κ3) is 3.28. The molecule has 0 radical (unpaired) electrons. The van der Waals surface area contributed by atoms with Gasteiger partial charge in [-0.05, 0) is 31.1 Å². The second-order valence-corrected chi connectivity index (χ2v) is 6.47. The zero-order valence-corrected chi connectivity index (χ0v) is 11.6. The van der Waals surface area contributed by atoms with Crippen molar-refractivity contribution >= 4 is 22.4 Å². The molecule has 0 aromatic carbocycles. The average molecular weight is 252 g/mol. The fourth-order valence-electron chi connectivity index (χ4n) is 2.13. The van der Waals surface area contributed by atoms with Gasteiger partial charge in [0.05, 0.1) is 5.69 Å². The van der Waals surface area contributed by atoms with Crippen LogP contribution >= 0.6 is 11.3 Å². The van der Waals surface area contributed by atoms with E-state index in [0.717, 1.165) is 23.9 Å². The van der Waals surface area contributed by atoms with Gasteiger partial charge in [-0.25, -0.2) is 4.98 Å². The lowest BCUT2D eigenvalue weighted by molar-refractivity contribution is -0.116. The number of hydrogen-bond donors (Lipinski definition) is 1. The van der Waals surface area contributed by atoms with Crippen LogP contribution in [0.5, 0.6) is 0 Å². The van der Waals surface area contributed by atoms with Crippen LogP contribution in [0.2, 0.25) is 0 Å². The number of hydrogen-bond acceptors (Lipinski definition) is 3. The summed E-state index contributed by atoms with van der Waals surface area (Å²) in [4.78, 5) is 17.5. The summed E-state index contributed by atoms with van der Waals surface area (Å²) in [7, 11) is 0. The van der Waals surface area contributed by atoms with Crippen molar-refractivity contribution in [3.63, 3.8) is 0 Å². The van der Waals surface area contributed by atoms with E-state index in [2.05, 4.69) is 17.2 Å². The van der Waals surface area contributed by atoms with Gasteiger partial charge in [-0.3, -0.25) is 4.79 Å². The maximum atomic E-state index is 11.7. The van der Waals surface area contributed by atoms with Crippen molar-refractivity contribution in [1.82, 2.24) is 4.98 Å². The Bertz CT molecular complexity index is 412. The maximum Gasteiger partial charge on any atom is 0.226 e. The summed E-state index contributed by atoms with van der Waals surface area (Å²) in [5.74, 6) is 1.23. The first-order valence-corrected chi connectivity index (χ1v) is 7.14. The molecule has 1 aliphatic carbocycles. The first-order valence-electron chi connectivity index (χ1n) is 6.33. The Hall–Kier alpha value is -0.900. The standard InChI is InChI=1S/C13H20N2OS/c1-8(2)6-12(16)15-13-14-10-5-4-9(3)7-11(10)17-13/h8-9H,4-7H2,1-3H3,(H,14,15,16). The number of nitrogens with zero attached hydrogens (tertiary/aromatic N) is 1. The summed E-state index contributed by atoms with van der Waals surface area (Å²) in [6.07, 6.45) is 3.97. The molecule has 94 valence electrons. The molecule has 4 heteroatoms. The summed E-state index contributed by atoms with van der Waals surface area (Å²) in [5, 5.41) is 3.70. The molecule has 1 atom stereocenters. The Morgan fingerprint density at radius 2 is 2.35 bits per heavy atom. The fraction of sp³-hybridized carbons (Fsp3) is 0.692. The van der Waals surface area contributed by atoms with Crippen molar-refractivity contribution in [2.24, 2.45) is 11.8 Å². The van der Waals surface area contributed by atoms with Crippen LogP contribution in [-0.2, 0) is 17.6 Å². The van der Waals surface area contributed by atoms with Gasteiger partial charge in [0, 0.05) is 11.3 Å². The number of carbonyl (C=O) groups excluding carboxylic acids is 1. The Morgan fingerprint density at radius 1 is 1.59 bits per heavy atom. The molecule has 3 nitrogen and oxygen atoms in total. The van der Waals surface area contributed by atoms with Crippen molar-refractivity contribution in [3.8, 4) is 0 Å². The third-order valence-corrected chi connectivity index (χ3v) is 4.06. The number of aromatic nitrogens is 1. The van der Waals surface area contributed by atoms with Crippen LogP contribution < -0.4 is 5.32 Å². The van der Waals surface area contributed by atoms with Gasteiger partial charge in [0.2, 0.25) is 5.91 Å². The normalized spacial score (nSPS) is 19.2. The predicted octanol–water partition coefficient (Wildman–Crippen LogP) is 3.25. The molecule has 1 aromatic heterocycles. The highest BCUT2D eigenvalue weighted by atomic mass is 32.1. The Labute approximate surface area is 107 Å². The van der Waals surface area contributed by atoms with Crippen molar-refractivity contribution in [2.75, 3.05) is 5.32 Å². The number of anilines is 1. The van der Waals surface area contributed by atoms with Crippen molar-refractivity contribution in [1.29, 1.82) is 0 Å². The highest BCUT2D eigenvalue weighted by Gasteiger charge is 2.20. The number of nitrogens with one attached hydrogen (secondary N) is 1. The van der Waals surface area contributed by atoms with Crippen LogP contribution in [0.4, 0.5) is 5.13 Å². The predicted molar refractivity (Wildman–Crippen MR) is 71.4 cm³/mol. The summed E-state index contributed by atoms with van der Waals surface area (Å²) >= 11 is 1.65. The van der Waals surface area contributed by atoms with E-state index in [4.69, 9.17) is 0 Å². The molecule has 0 aliphatic heterocycles. The number of amides is 1. The Morgan fingerprint density at radius 3 is 3.06 bits per heavy atom. The highest BCUT2D eigenvalue weighted by Crippen LogP contribution is 2.32. The van der Waals surface area contributed by atoms with Crippen LogP contribution in [0, 0.1) is 11.8 Å². The largest absolute Gasteiger partial charge is 0.302 e. The summed E-state index contributed by atoms with van der Waals surface area (Å²) in [5.41, 5.74) is 1.20. The Kier molecular flexibility index (Phi) is 3.82. The first-order chi connectivity index (χ1) is 8.04. The van der Waals surface area contributed by atoms with Gasteiger partial charge in [0.25, 0.3) is 0 Å². The van der Waals surface area contributed by atoms with E-state index in [1.807, 2.05) is 13.8 Å². The van der Waals surface area contributed by atoms with Crippen LogP contribution in [0.25, 0.3) is 0 Å². The van der Waals surface area contributed by atoms with Crippen LogP contribution in [0.3, 0.4) is 0 Å². The molecule has 17 heavy (non-hydrogen) atoms. The van der Waals surface area contributed by atoms with Crippen molar-refractivity contribution < 1.29 is 4.79 Å². The van der Waals surface area contributed by atoms with Gasteiger partial charge in [-0.15, -0.1) is 11.3 Å². The monoisotopic (exact) mass is 252 g/mol. The number of rotatable bonds is 3. The lowest BCUT2D eigenvalue weighted by Crippen LogP contribution is -2.13. The molecule has 2 rings (SSSR count). The zero-order valence-electron chi connectivity index (χ0n) is 10.7. The number of fused-ring (bicyclic) bond motifs is 1. The third-order valence-electron chi connectivity index (χ3n) is 3.03. The van der Waals surface area contributed by atoms with E-state index < -0.39 is 0 Å². The van der Waals surface area contributed by atoms with Gasteiger partial charge in [-0.2, -0.15) is 0 Å². The molecule has 0 spiro atoms. The van der Waals surface area contributed by atoms with E-state index in [1.165, 1.54) is 17.0 Å². The summed E-state index contributed by atoms with van der Waals surface area (Å²) < 4.78 is 0. The quantitative estimate of drug-likeness (QED) is 0.897. The smallest absolute Gasteiger partial charge is 0.226 e. The molecule has 1 aliphatic rings. The van der Waals surface area contributed by atoms with Gasteiger partial charge >= 0.3 is 0 Å². The molecular weight excluding hydrogens is 232 g/mol. The maximum absolute atomic E-state index is 11.7. The minimum atomic E-state index is 0.0825. The van der Waals surface area contributed by atoms with Gasteiger partial charge in [0.1, 0.15) is 0 Å². The minimum Gasteiger partial charge on any atom is -0.302 e. The summed E-state index contributed by atoms with van der Waals surface area (Å²) in [6, 6.07) is 0. The second-order valence-electron chi connectivity index (χ2n) is 5.38. The molecule has 1 aromatic rings. The average Bonchev–Trinajstić information content (AvgIpc) is 2.57. The lowest BCUT2D eigenvalue weighted by atomic mass is 9.93. The molecular formula is C13H20N2OS. The minimum absolute atomic E-state index is 0.0825. The number of carbonyl (C=O) groups is 1. The van der Waals surface area contributed by atoms with Gasteiger partial charge < -0.3 is 5.32 Å². The van der Waals surface area contributed by atoms with E-state index in [-0.39, 0.29) is 5.91 Å². The highest BCUT2D eigenvalue weighted by molar-refractivity contribution is 7.15. The van der Waals surface area contributed by atoms with E-state index in [9.17, 15) is 4.79 Å². The van der Waals surface area contributed by atoms with E-state index in [1.54, 1.807) is 11.3 Å².